The summed E-state index contributed by atoms with van der Waals surface area (Å²) in [7, 11) is 0. The number of fused-ring (bicyclic) bond motifs is 1. The van der Waals surface area contributed by atoms with E-state index < -0.39 is 0 Å². The van der Waals surface area contributed by atoms with Crippen LogP contribution < -0.4 is 0 Å². The van der Waals surface area contributed by atoms with Gasteiger partial charge in [-0.15, -0.1) is 0 Å². The van der Waals surface area contributed by atoms with Crippen LogP contribution in [0.25, 0.3) is 10.8 Å². The smallest absolute Gasteiger partial charge is 0.123 e. The van der Waals surface area contributed by atoms with Crippen molar-refractivity contribution in [2.24, 2.45) is 0 Å². The second-order valence-electron chi connectivity index (χ2n) is 2.65. The predicted molar refractivity (Wildman–Crippen MR) is 47.3 cm³/mol. The Balaban J connectivity index is 0.000000845. The van der Waals surface area contributed by atoms with Gasteiger partial charge in [0, 0.05) is 76.2 Å². The second kappa shape index (κ2) is 6.17. The summed E-state index contributed by atoms with van der Waals surface area (Å²) in [5.74, 6) is 0.395. The molecule has 2 aromatic rings. The average Bonchev–Trinajstić information content (AvgIpc) is 2.07. The molecule has 0 aliphatic heterocycles. The first kappa shape index (κ1) is 14.5. The van der Waals surface area contributed by atoms with Crippen molar-refractivity contribution in [3.05, 3.63) is 36.4 Å². The summed E-state index contributed by atoms with van der Waals surface area (Å²) in [6.45, 7) is 0. The van der Waals surface area contributed by atoms with Gasteiger partial charge in [0.1, 0.15) is 11.5 Å². The maximum absolute atomic E-state index is 9.38. The average molecular weight is 338 g/mol. The van der Waals surface area contributed by atoms with E-state index in [0.29, 0.717) is 10.8 Å². The van der Waals surface area contributed by atoms with E-state index in [4.69, 9.17) is 0 Å². The quantitative estimate of drug-likeness (QED) is 0.774. The second-order valence-corrected chi connectivity index (χ2v) is 2.65. The predicted octanol–water partition coefficient (Wildman–Crippen LogP) is 2.25. The van der Waals surface area contributed by atoms with Gasteiger partial charge in [-0.3, -0.25) is 0 Å². The topological polar surface area (TPSA) is 40.5 Å². The fourth-order valence-corrected chi connectivity index (χ4v) is 1.28. The van der Waals surface area contributed by atoms with Gasteiger partial charge < -0.3 is 10.2 Å². The Kier molecular flexibility index (Phi) is 6.39. The molecule has 0 amide bonds. The number of benzene rings is 2. The normalized spacial score (nSPS) is 8.86. The molecule has 2 rings (SSSR count). The van der Waals surface area contributed by atoms with E-state index in [9.17, 15) is 10.2 Å². The molecule has 2 radical (unpaired) electrons. The minimum atomic E-state index is 0. The van der Waals surface area contributed by atoms with Crippen LogP contribution in [0.15, 0.2) is 36.4 Å². The van der Waals surface area contributed by atoms with Gasteiger partial charge in [-0.2, -0.15) is 0 Å². The van der Waals surface area contributed by atoms with Gasteiger partial charge in [0.2, 0.25) is 0 Å². The Morgan fingerprint density at radius 1 is 0.643 bits per heavy atom. The molecule has 0 bridgehead atoms. The van der Waals surface area contributed by atoms with Gasteiger partial charge in [0.15, 0.2) is 0 Å². The molecule has 0 aromatic heterocycles. The molecule has 4 heteroatoms. The third-order valence-corrected chi connectivity index (χ3v) is 1.88. The number of rotatable bonds is 0. The molecule has 2 nitrogen and oxygen atoms in total. The standard InChI is InChI=1S/C10H8O2.2Y/c11-9-5-1-3-7-8(9)4-2-6-10(7)12;;/h1-6,11-12H;;. The molecule has 0 spiro atoms. The SMILES string of the molecule is Oc1cccc2c(O)cccc12.[Y].[Y]. The van der Waals surface area contributed by atoms with E-state index in [1.165, 1.54) is 0 Å². The molecule has 0 unspecified atom stereocenters. The van der Waals surface area contributed by atoms with Crippen molar-refractivity contribution in [1.29, 1.82) is 0 Å². The zero-order valence-electron chi connectivity index (χ0n) is 7.51. The summed E-state index contributed by atoms with van der Waals surface area (Å²) < 4.78 is 0. The Morgan fingerprint density at radius 3 is 1.36 bits per heavy atom. The van der Waals surface area contributed by atoms with Gasteiger partial charge in [0.05, 0.1) is 0 Å². The monoisotopic (exact) mass is 338 g/mol. The third kappa shape index (κ3) is 2.76. The molecule has 0 aliphatic carbocycles. The maximum Gasteiger partial charge on any atom is 0.123 e. The van der Waals surface area contributed by atoms with Crippen molar-refractivity contribution in [3.63, 3.8) is 0 Å². The van der Waals surface area contributed by atoms with Crippen LogP contribution in [-0.2, 0) is 65.4 Å². The minimum Gasteiger partial charge on any atom is -0.507 e. The van der Waals surface area contributed by atoms with Gasteiger partial charge in [-0.25, -0.2) is 0 Å². The Bertz CT molecular complexity index is 388. The van der Waals surface area contributed by atoms with Crippen LogP contribution in [0.3, 0.4) is 0 Å². The summed E-state index contributed by atoms with van der Waals surface area (Å²) in [6.07, 6.45) is 0. The fraction of sp³-hybridized carbons (Fsp3) is 0. The molecule has 2 N–H and O–H groups in total. The van der Waals surface area contributed by atoms with E-state index in [1.54, 1.807) is 36.4 Å². The third-order valence-electron chi connectivity index (χ3n) is 1.88. The molecule has 2 aromatic carbocycles. The van der Waals surface area contributed by atoms with Crippen LogP contribution in [0.5, 0.6) is 11.5 Å². The van der Waals surface area contributed by atoms with Crippen molar-refractivity contribution in [2.45, 2.75) is 0 Å². The van der Waals surface area contributed by atoms with Crippen molar-refractivity contribution in [1.82, 2.24) is 0 Å². The summed E-state index contributed by atoms with van der Waals surface area (Å²) in [4.78, 5) is 0. The fourth-order valence-electron chi connectivity index (χ4n) is 1.28. The zero-order chi connectivity index (χ0) is 8.55. The van der Waals surface area contributed by atoms with Crippen LogP contribution >= 0.6 is 0 Å². The van der Waals surface area contributed by atoms with Crippen LogP contribution in [-0.4, -0.2) is 10.2 Å². The Morgan fingerprint density at radius 2 is 1.00 bits per heavy atom. The molecule has 0 aliphatic rings. The van der Waals surface area contributed by atoms with E-state index >= 15 is 0 Å². The molecule has 0 saturated carbocycles. The first-order valence-corrected chi connectivity index (χ1v) is 3.69. The van der Waals surface area contributed by atoms with Crippen LogP contribution in [0.4, 0.5) is 0 Å². The van der Waals surface area contributed by atoms with Crippen molar-refractivity contribution in [3.8, 4) is 11.5 Å². The number of phenols is 2. The number of hydrogen-bond donors (Lipinski definition) is 2. The van der Waals surface area contributed by atoms with Gasteiger partial charge in [-0.1, -0.05) is 24.3 Å². The molecule has 0 atom stereocenters. The van der Waals surface area contributed by atoms with E-state index in [0.717, 1.165) is 0 Å². The number of hydrogen-bond acceptors (Lipinski definition) is 2. The molecular weight excluding hydrogens is 330 g/mol. The van der Waals surface area contributed by atoms with Crippen LogP contribution in [0.1, 0.15) is 0 Å². The number of aromatic hydroxyl groups is 2. The van der Waals surface area contributed by atoms with Crippen molar-refractivity contribution < 1.29 is 75.6 Å². The molecule has 14 heavy (non-hydrogen) atoms. The Labute approximate surface area is 132 Å². The number of phenolic OH excluding ortho intramolecular Hbond substituents is 2. The summed E-state index contributed by atoms with van der Waals surface area (Å²) >= 11 is 0. The molecule has 0 saturated heterocycles. The van der Waals surface area contributed by atoms with E-state index in [2.05, 4.69) is 0 Å². The first-order valence-electron chi connectivity index (χ1n) is 3.69. The summed E-state index contributed by atoms with van der Waals surface area (Å²) in [6, 6.07) is 10.1. The van der Waals surface area contributed by atoms with Gasteiger partial charge in [-0.05, 0) is 12.1 Å². The zero-order valence-corrected chi connectivity index (χ0v) is 13.2. The van der Waals surface area contributed by atoms with E-state index in [-0.39, 0.29) is 76.9 Å². The first-order chi connectivity index (χ1) is 5.79. The molecule has 66 valence electrons. The van der Waals surface area contributed by atoms with Gasteiger partial charge >= 0.3 is 0 Å². The van der Waals surface area contributed by atoms with Crippen LogP contribution in [0, 0.1) is 0 Å². The van der Waals surface area contributed by atoms with Gasteiger partial charge in [0.25, 0.3) is 0 Å². The Hall–Kier alpha value is 0.508. The van der Waals surface area contributed by atoms with Crippen LogP contribution in [0.2, 0.25) is 0 Å². The summed E-state index contributed by atoms with van der Waals surface area (Å²) in [5, 5.41) is 20.1. The molecule has 0 heterocycles. The van der Waals surface area contributed by atoms with Crippen molar-refractivity contribution >= 4 is 10.8 Å². The summed E-state index contributed by atoms with van der Waals surface area (Å²) in [5.41, 5.74) is 0. The maximum atomic E-state index is 9.38. The molecule has 0 fully saturated rings. The largest absolute Gasteiger partial charge is 0.507 e. The molecular formula is C10H8O2Y2. The minimum absolute atomic E-state index is 0. The van der Waals surface area contributed by atoms with Crippen molar-refractivity contribution in [2.75, 3.05) is 0 Å². The van der Waals surface area contributed by atoms with E-state index in [1.807, 2.05) is 0 Å².